The lowest BCUT2D eigenvalue weighted by molar-refractivity contribution is 1.07. The summed E-state index contributed by atoms with van der Waals surface area (Å²) in [4.78, 5) is 6.54. The van der Waals surface area contributed by atoms with Crippen molar-refractivity contribution in [3.05, 3.63) is 52.3 Å². The minimum Gasteiger partial charge on any atom is -0.384 e. The van der Waals surface area contributed by atoms with Gasteiger partial charge in [0.25, 0.3) is 0 Å². The van der Waals surface area contributed by atoms with Crippen LogP contribution >= 0.6 is 11.8 Å². The van der Waals surface area contributed by atoms with E-state index in [4.69, 9.17) is 11.1 Å². The second-order valence-electron chi connectivity index (χ2n) is 4.98. The molecule has 1 aromatic heterocycles. The third-order valence-electron chi connectivity index (χ3n) is 3.27. The molecule has 0 radical (unpaired) electrons. The van der Waals surface area contributed by atoms with Crippen molar-refractivity contribution < 1.29 is 0 Å². The number of hydrogen-bond donors (Lipinski definition) is 2. The lowest BCUT2D eigenvalue weighted by Crippen LogP contribution is -2.15. The predicted molar refractivity (Wildman–Crippen MR) is 84.8 cm³/mol. The van der Waals surface area contributed by atoms with Crippen molar-refractivity contribution in [1.82, 2.24) is 4.98 Å². The molecule has 3 nitrogen and oxygen atoms in total. The Morgan fingerprint density at radius 3 is 2.40 bits per heavy atom. The maximum atomic E-state index is 7.75. The molecule has 1 aromatic carbocycles. The number of nitrogens with two attached hydrogens (primary N) is 1. The zero-order valence-corrected chi connectivity index (χ0v) is 13.1. The molecular formula is C16H19N3S. The second kappa shape index (κ2) is 5.67. The van der Waals surface area contributed by atoms with Gasteiger partial charge in [-0.3, -0.25) is 10.4 Å². The van der Waals surface area contributed by atoms with Gasteiger partial charge < -0.3 is 5.73 Å². The van der Waals surface area contributed by atoms with Crippen molar-refractivity contribution in [2.24, 2.45) is 5.73 Å². The van der Waals surface area contributed by atoms with E-state index in [0.29, 0.717) is 0 Å². The van der Waals surface area contributed by atoms with Crippen molar-refractivity contribution in [1.29, 1.82) is 5.41 Å². The summed E-state index contributed by atoms with van der Waals surface area (Å²) in [6, 6.07) is 8.37. The molecule has 104 valence electrons. The zero-order valence-electron chi connectivity index (χ0n) is 12.2. The molecule has 0 fully saturated rings. The summed E-state index contributed by atoms with van der Waals surface area (Å²) in [5.74, 6) is 0.0707. The average Bonchev–Trinajstić information content (AvgIpc) is 2.32. The predicted octanol–water partition coefficient (Wildman–Crippen LogP) is 3.75. The molecule has 1 heterocycles. The molecule has 0 aliphatic rings. The van der Waals surface area contributed by atoms with E-state index in [-0.39, 0.29) is 5.84 Å². The molecule has 4 heteroatoms. The first kappa shape index (κ1) is 14.6. The second-order valence-corrected chi connectivity index (χ2v) is 6.10. The molecule has 0 atom stereocenters. The Kier molecular flexibility index (Phi) is 4.14. The number of rotatable bonds is 3. The van der Waals surface area contributed by atoms with E-state index < -0.39 is 0 Å². The number of aryl methyl sites for hydroxylation is 4. The van der Waals surface area contributed by atoms with Crippen LogP contribution in [0.1, 0.15) is 28.1 Å². The van der Waals surface area contributed by atoms with Crippen LogP contribution in [0.15, 0.2) is 34.1 Å². The van der Waals surface area contributed by atoms with Gasteiger partial charge in [0.1, 0.15) is 5.84 Å². The van der Waals surface area contributed by atoms with Crippen LogP contribution in [0.5, 0.6) is 0 Å². The molecule has 0 saturated heterocycles. The highest BCUT2D eigenvalue weighted by Gasteiger charge is 2.12. The normalized spacial score (nSPS) is 10.6. The van der Waals surface area contributed by atoms with Crippen molar-refractivity contribution in [2.75, 3.05) is 0 Å². The van der Waals surface area contributed by atoms with Crippen molar-refractivity contribution in [3.63, 3.8) is 0 Å². The molecule has 2 aromatic rings. The number of nitrogens with zero attached hydrogens (tertiary/aromatic N) is 1. The van der Waals surface area contributed by atoms with Crippen molar-refractivity contribution in [2.45, 2.75) is 37.5 Å². The molecule has 0 spiro atoms. The Balaban J connectivity index is 2.47. The van der Waals surface area contributed by atoms with E-state index in [1.807, 2.05) is 19.9 Å². The molecule has 0 unspecified atom stereocenters. The van der Waals surface area contributed by atoms with Crippen LogP contribution in [0.25, 0.3) is 0 Å². The molecule has 2 rings (SSSR count). The van der Waals surface area contributed by atoms with Crippen LogP contribution in [0, 0.1) is 33.1 Å². The minimum atomic E-state index is 0.0707. The number of pyridine rings is 1. The Hall–Kier alpha value is -1.81. The Morgan fingerprint density at radius 1 is 1.10 bits per heavy atom. The number of nitrogen functional groups attached to an aromatic ring is 1. The van der Waals surface area contributed by atoms with Gasteiger partial charge in [-0.25, -0.2) is 0 Å². The molecule has 20 heavy (non-hydrogen) atoms. The standard InChI is InChI=1S/C16H19N3S/c1-9-5-6-13(7-10(9)2)20-14-8-11(3)19-12(4)15(14)16(17)18/h5-8H,1-4H3,(H3,17,18). The van der Waals surface area contributed by atoms with E-state index in [1.165, 1.54) is 11.1 Å². The zero-order chi connectivity index (χ0) is 14.9. The molecule has 0 saturated carbocycles. The topological polar surface area (TPSA) is 62.8 Å². The lowest BCUT2D eigenvalue weighted by atomic mass is 10.1. The molecule has 0 amide bonds. The fraction of sp³-hybridized carbons (Fsp3) is 0.250. The molecule has 3 N–H and O–H groups in total. The SMILES string of the molecule is Cc1cc(Sc2ccc(C)c(C)c2)c(C(=N)N)c(C)n1. The van der Waals surface area contributed by atoms with Gasteiger partial charge >= 0.3 is 0 Å². The quantitative estimate of drug-likeness (QED) is 0.667. The minimum absolute atomic E-state index is 0.0707. The van der Waals surface area contributed by atoms with E-state index in [2.05, 4.69) is 37.0 Å². The number of hydrogen-bond acceptors (Lipinski definition) is 3. The number of aromatic nitrogens is 1. The van der Waals surface area contributed by atoms with Crippen LogP contribution < -0.4 is 5.73 Å². The summed E-state index contributed by atoms with van der Waals surface area (Å²) in [6.07, 6.45) is 0. The summed E-state index contributed by atoms with van der Waals surface area (Å²) >= 11 is 1.63. The van der Waals surface area contributed by atoms with Crippen LogP contribution in [-0.4, -0.2) is 10.8 Å². The third-order valence-corrected chi connectivity index (χ3v) is 4.30. The first-order valence-electron chi connectivity index (χ1n) is 6.46. The largest absolute Gasteiger partial charge is 0.384 e. The molecule has 0 aliphatic heterocycles. The fourth-order valence-electron chi connectivity index (χ4n) is 2.11. The van der Waals surface area contributed by atoms with E-state index >= 15 is 0 Å². The fourth-order valence-corrected chi connectivity index (χ4v) is 3.32. The van der Waals surface area contributed by atoms with Crippen LogP contribution in [0.2, 0.25) is 0 Å². The van der Waals surface area contributed by atoms with Gasteiger partial charge in [-0.2, -0.15) is 0 Å². The van der Waals surface area contributed by atoms with Crippen molar-refractivity contribution in [3.8, 4) is 0 Å². The Bertz CT molecular complexity index is 678. The third kappa shape index (κ3) is 3.02. The van der Waals surface area contributed by atoms with Gasteiger partial charge in [0.2, 0.25) is 0 Å². The maximum Gasteiger partial charge on any atom is 0.125 e. The number of benzene rings is 1. The lowest BCUT2D eigenvalue weighted by Gasteiger charge is -2.12. The van der Waals surface area contributed by atoms with Crippen LogP contribution in [-0.2, 0) is 0 Å². The highest BCUT2D eigenvalue weighted by atomic mass is 32.2. The summed E-state index contributed by atoms with van der Waals surface area (Å²) in [7, 11) is 0. The highest BCUT2D eigenvalue weighted by molar-refractivity contribution is 7.99. The average molecular weight is 285 g/mol. The molecular weight excluding hydrogens is 266 g/mol. The van der Waals surface area contributed by atoms with Gasteiger partial charge in [0, 0.05) is 21.2 Å². The van der Waals surface area contributed by atoms with E-state index in [9.17, 15) is 0 Å². The summed E-state index contributed by atoms with van der Waals surface area (Å²) < 4.78 is 0. The van der Waals surface area contributed by atoms with Gasteiger partial charge in [0.15, 0.2) is 0 Å². The monoisotopic (exact) mass is 285 g/mol. The highest BCUT2D eigenvalue weighted by Crippen LogP contribution is 2.32. The first-order valence-corrected chi connectivity index (χ1v) is 7.28. The Morgan fingerprint density at radius 2 is 1.80 bits per heavy atom. The molecule has 0 bridgehead atoms. The van der Waals surface area contributed by atoms with Crippen LogP contribution in [0.3, 0.4) is 0 Å². The number of amidine groups is 1. The van der Waals surface area contributed by atoms with Crippen LogP contribution in [0.4, 0.5) is 0 Å². The van der Waals surface area contributed by atoms with Gasteiger partial charge in [0.05, 0.1) is 5.56 Å². The van der Waals surface area contributed by atoms with Crippen molar-refractivity contribution >= 4 is 17.6 Å². The van der Waals surface area contributed by atoms with Gasteiger partial charge in [-0.1, -0.05) is 17.8 Å². The van der Waals surface area contributed by atoms with Gasteiger partial charge in [-0.05, 0) is 57.0 Å². The van der Waals surface area contributed by atoms with E-state index in [0.717, 1.165) is 26.7 Å². The summed E-state index contributed by atoms with van der Waals surface area (Å²) in [5, 5.41) is 7.75. The summed E-state index contributed by atoms with van der Waals surface area (Å²) in [6.45, 7) is 8.06. The number of nitrogens with one attached hydrogen (secondary N) is 1. The molecule has 0 aliphatic carbocycles. The first-order chi connectivity index (χ1) is 9.38. The van der Waals surface area contributed by atoms with Gasteiger partial charge in [-0.15, -0.1) is 0 Å². The maximum absolute atomic E-state index is 7.75. The Labute approximate surface area is 124 Å². The smallest absolute Gasteiger partial charge is 0.125 e. The summed E-state index contributed by atoms with van der Waals surface area (Å²) in [5.41, 5.74) is 10.7. The van der Waals surface area contributed by atoms with E-state index in [1.54, 1.807) is 11.8 Å².